The van der Waals surface area contributed by atoms with Gasteiger partial charge in [-0.15, -0.1) is 10.2 Å². The molecular formula is C15H18N4OS. The van der Waals surface area contributed by atoms with E-state index in [0.29, 0.717) is 6.04 Å². The van der Waals surface area contributed by atoms with Gasteiger partial charge in [-0.1, -0.05) is 31.0 Å². The van der Waals surface area contributed by atoms with Crippen LogP contribution < -0.4 is 0 Å². The fraction of sp³-hybridized carbons (Fsp3) is 0.533. The molecule has 2 heterocycles. The lowest BCUT2D eigenvalue weighted by Gasteiger charge is -2.25. The van der Waals surface area contributed by atoms with Crippen molar-refractivity contribution in [2.24, 2.45) is 0 Å². The Morgan fingerprint density at radius 2 is 2.19 bits per heavy atom. The van der Waals surface area contributed by atoms with Crippen molar-refractivity contribution < 1.29 is 4.42 Å². The molecule has 0 N–H and O–H groups in total. The van der Waals surface area contributed by atoms with Gasteiger partial charge in [-0.05, 0) is 31.9 Å². The summed E-state index contributed by atoms with van der Waals surface area (Å²) in [5.41, 5.74) is 0. The predicted molar refractivity (Wildman–Crippen MR) is 80.8 cm³/mol. The third-order valence-corrected chi connectivity index (χ3v) is 4.76. The van der Waals surface area contributed by atoms with E-state index < -0.39 is 0 Å². The number of hydrogen-bond acceptors (Lipinski definition) is 5. The average Bonchev–Trinajstić information content (AvgIpc) is 3.17. The standard InChI is InChI=1S/C15H18N4OS/c1-11(10-16)21-15-18-17-14(13-8-5-9-20-13)19(15)12-6-3-2-4-7-12/h5,8-9,11-12H,2-4,6-7H2,1H3. The molecule has 1 aliphatic rings. The molecule has 1 saturated carbocycles. The Morgan fingerprint density at radius 1 is 1.38 bits per heavy atom. The number of furan rings is 1. The van der Waals surface area contributed by atoms with Gasteiger partial charge < -0.3 is 4.42 Å². The number of rotatable bonds is 4. The molecule has 2 aromatic heterocycles. The molecule has 0 bridgehead atoms. The molecule has 1 aliphatic carbocycles. The van der Waals surface area contributed by atoms with Gasteiger partial charge in [-0.3, -0.25) is 4.57 Å². The second-order valence-electron chi connectivity index (χ2n) is 5.33. The van der Waals surface area contributed by atoms with Crippen molar-refractivity contribution in [3.63, 3.8) is 0 Å². The van der Waals surface area contributed by atoms with Gasteiger partial charge in [0.2, 0.25) is 5.82 Å². The van der Waals surface area contributed by atoms with Crippen LogP contribution in [0.2, 0.25) is 0 Å². The second kappa shape index (κ2) is 6.35. The minimum Gasteiger partial charge on any atom is -0.461 e. The highest BCUT2D eigenvalue weighted by Crippen LogP contribution is 2.36. The summed E-state index contributed by atoms with van der Waals surface area (Å²) in [6, 6.07) is 6.42. The first-order valence-corrected chi connectivity index (χ1v) is 8.22. The predicted octanol–water partition coefficient (Wildman–Crippen LogP) is 4.05. The first-order valence-electron chi connectivity index (χ1n) is 7.34. The first-order chi connectivity index (χ1) is 10.3. The van der Waals surface area contributed by atoms with Gasteiger partial charge in [0.05, 0.1) is 17.6 Å². The van der Waals surface area contributed by atoms with Crippen LogP contribution in [0.5, 0.6) is 0 Å². The fourth-order valence-corrected chi connectivity index (χ4v) is 3.59. The molecule has 110 valence electrons. The third-order valence-electron chi connectivity index (χ3n) is 3.81. The Kier molecular flexibility index (Phi) is 4.30. The minimum atomic E-state index is -0.138. The molecule has 21 heavy (non-hydrogen) atoms. The van der Waals surface area contributed by atoms with Crippen molar-refractivity contribution >= 4 is 11.8 Å². The summed E-state index contributed by atoms with van der Waals surface area (Å²) in [6.07, 6.45) is 7.70. The van der Waals surface area contributed by atoms with Gasteiger partial charge in [-0.25, -0.2) is 0 Å². The molecule has 2 aromatic rings. The molecule has 3 rings (SSSR count). The van der Waals surface area contributed by atoms with Crippen molar-refractivity contribution in [2.75, 3.05) is 0 Å². The van der Waals surface area contributed by atoms with E-state index in [1.165, 1.54) is 31.0 Å². The van der Waals surface area contributed by atoms with Crippen LogP contribution in [-0.2, 0) is 0 Å². The van der Waals surface area contributed by atoms with Crippen molar-refractivity contribution in [1.82, 2.24) is 14.8 Å². The molecule has 1 fully saturated rings. The molecule has 0 saturated heterocycles. The molecule has 6 heteroatoms. The SMILES string of the molecule is CC(C#N)Sc1nnc(-c2ccco2)n1C1CCCCC1. The molecule has 0 aromatic carbocycles. The first kappa shape index (κ1) is 14.2. The number of hydrogen-bond donors (Lipinski definition) is 0. The summed E-state index contributed by atoms with van der Waals surface area (Å²) < 4.78 is 7.68. The van der Waals surface area contributed by atoms with Crippen LogP contribution in [-0.4, -0.2) is 20.0 Å². The van der Waals surface area contributed by atoms with E-state index in [0.717, 1.165) is 29.6 Å². The Morgan fingerprint density at radius 3 is 2.86 bits per heavy atom. The highest BCUT2D eigenvalue weighted by Gasteiger charge is 2.25. The van der Waals surface area contributed by atoms with E-state index in [4.69, 9.17) is 9.68 Å². The normalized spacial score (nSPS) is 17.5. The molecule has 0 amide bonds. The molecule has 1 unspecified atom stereocenters. The van der Waals surface area contributed by atoms with Gasteiger partial charge in [0, 0.05) is 6.04 Å². The van der Waals surface area contributed by atoms with Crippen LogP contribution in [0.15, 0.2) is 28.0 Å². The van der Waals surface area contributed by atoms with Gasteiger partial charge in [0.15, 0.2) is 10.9 Å². The second-order valence-corrected chi connectivity index (χ2v) is 6.64. The summed E-state index contributed by atoms with van der Waals surface area (Å²) in [4.78, 5) is 0. The van der Waals surface area contributed by atoms with Gasteiger partial charge >= 0.3 is 0 Å². The summed E-state index contributed by atoms with van der Waals surface area (Å²) in [5, 5.41) is 18.3. The molecule has 5 nitrogen and oxygen atoms in total. The summed E-state index contributed by atoms with van der Waals surface area (Å²) in [7, 11) is 0. The van der Waals surface area contributed by atoms with Crippen LogP contribution in [0.4, 0.5) is 0 Å². The fourth-order valence-electron chi connectivity index (χ4n) is 2.78. The lowest BCUT2D eigenvalue weighted by molar-refractivity contribution is 0.337. The van der Waals surface area contributed by atoms with Crippen LogP contribution in [0.25, 0.3) is 11.6 Å². The Labute approximate surface area is 128 Å². The van der Waals surface area contributed by atoms with Gasteiger partial charge in [0.25, 0.3) is 0 Å². The molecule has 1 atom stereocenters. The van der Waals surface area contributed by atoms with Crippen LogP contribution in [0, 0.1) is 11.3 Å². The highest BCUT2D eigenvalue weighted by atomic mass is 32.2. The monoisotopic (exact) mass is 302 g/mol. The minimum absolute atomic E-state index is 0.138. The quantitative estimate of drug-likeness (QED) is 0.797. The molecule has 0 aliphatic heterocycles. The van der Waals surface area contributed by atoms with Gasteiger partial charge in [-0.2, -0.15) is 5.26 Å². The van der Waals surface area contributed by atoms with E-state index >= 15 is 0 Å². The van der Waals surface area contributed by atoms with Crippen LogP contribution in [0.1, 0.15) is 45.1 Å². The molecular weight excluding hydrogens is 284 g/mol. The lowest BCUT2D eigenvalue weighted by atomic mass is 9.95. The number of nitriles is 1. The molecule has 0 spiro atoms. The largest absolute Gasteiger partial charge is 0.461 e. The van der Waals surface area contributed by atoms with Crippen molar-refractivity contribution in [2.45, 2.75) is 55.5 Å². The molecule has 0 radical (unpaired) electrons. The maximum absolute atomic E-state index is 9.04. The highest BCUT2D eigenvalue weighted by molar-refractivity contribution is 8.00. The van der Waals surface area contributed by atoms with Gasteiger partial charge in [0.1, 0.15) is 0 Å². The topological polar surface area (TPSA) is 67.6 Å². The Hall–Kier alpha value is -1.74. The maximum atomic E-state index is 9.04. The zero-order valence-corrected chi connectivity index (χ0v) is 12.8. The summed E-state index contributed by atoms with van der Waals surface area (Å²) in [5.74, 6) is 1.52. The number of thioether (sulfide) groups is 1. The number of nitrogens with zero attached hydrogens (tertiary/aromatic N) is 4. The van der Waals surface area contributed by atoms with Crippen LogP contribution in [0.3, 0.4) is 0 Å². The van der Waals surface area contributed by atoms with E-state index in [-0.39, 0.29) is 5.25 Å². The summed E-state index contributed by atoms with van der Waals surface area (Å²) >= 11 is 1.47. The van der Waals surface area contributed by atoms with E-state index in [1.807, 2.05) is 19.1 Å². The Balaban J connectivity index is 1.98. The smallest absolute Gasteiger partial charge is 0.200 e. The third kappa shape index (κ3) is 2.98. The van der Waals surface area contributed by atoms with E-state index in [9.17, 15) is 0 Å². The zero-order valence-electron chi connectivity index (χ0n) is 12.0. The Bertz CT molecular complexity index is 623. The van der Waals surface area contributed by atoms with Crippen molar-refractivity contribution in [3.05, 3.63) is 18.4 Å². The van der Waals surface area contributed by atoms with Crippen molar-refractivity contribution in [1.29, 1.82) is 5.26 Å². The maximum Gasteiger partial charge on any atom is 0.200 e. The number of aromatic nitrogens is 3. The summed E-state index contributed by atoms with van der Waals surface area (Å²) in [6.45, 7) is 1.89. The average molecular weight is 302 g/mol. The lowest BCUT2D eigenvalue weighted by Crippen LogP contribution is -2.15. The van der Waals surface area contributed by atoms with Crippen LogP contribution >= 0.6 is 11.8 Å². The van der Waals surface area contributed by atoms with E-state index in [1.54, 1.807) is 6.26 Å². The van der Waals surface area contributed by atoms with E-state index in [2.05, 4.69) is 20.8 Å². The zero-order chi connectivity index (χ0) is 14.7. The van der Waals surface area contributed by atoms with Crippen molar-refractivity contribution in [3.8, 4) is 17.7 Å².